The first kappa shape index (κ1) is 10.8. The lowest BCUT2D eigenvalue weighted by Crippen LogP contribution is -2.27. The Morgan fingerprint density at radius 1 is 1.53 bits per heavy atom. The highest BCUT2D eigenvalue weighted by Crippen LogP contribution is 2.36. The van der Waals surface area contributed by atoms with Gasteiger partial charge in [0.25, 0.3) is 0 Å². The Hall–Kier alpha value is -0.730. The number of ether oxygens (including phenoxy) is 1. The predicted molar refractivity (Wildman–Crippen MR) is 62.7 cm³/mol. The minimum Gasteiger partial charge on any atom is -0.493 e. The van der Waals surface area contributed by atoms with Gasteiger partial charge in [-0.05, 0) is 31.2 Å². The molecule has 0 fully saturated rings. The Labute approximate surface area is 95.6 Å². The molecule has 0 saturated heterocycles. The average molecular weight is 226 g/mol. The van der Waals surface area contributed by atoms with Gasteiger partial charge in [0.05, 0.1) is 6.61 Å². The van der Waals surface area contributed by atoms with Crippen LogP contribution in [0.25, 0.3) is 0 Å². The highest BCUT2D eigenvalue weighted by molar-refractivity contribution is 6.30. The molecule has 1 N–H and O–H groups in total. The van der Waals surface area contributed by atoms with Crippen molar-refractivity contribution in [3.63, 3.8) is 0 Å². The summed E-state index contributed by atoms with van der Waals surface area (Å²) in [4.78, 5) is 0. The number of hydrogen-bond donors (Lipinski definition) is 1. The Morgan fingerprint density at radius 2 is 2.33 bits per heavy atom. The topological polar surface area (TPSA) is 21.3 Å². The largest absolute Gasteiger partial charge is 0.493 e. The van der Waals surface area contributed by atoms with Crippen molar-refractivity contribution in [3.05, 3.63) is 28.3 Å². The molecule has 15 heavy (non-hydrogen) atoms. The second-order valence-corrected chi connectivity index (χ2v) is 4.32. The summed E-state index contributed by atoms with van der Waals surface area (Å²) in [6.07, 6.45) is 1.01. The average Bonchev–Trinajstić information content (AvgIpc) is 2.19. The zero-order chi connectivity index (χ0) is 10.8. The molecule has 1 aromatic rings. The quantitative estimate of drug-likeness (QED) is 0.835. The number of nitrogens with one attached hydrogen (secondary N) is 1. The molecule has 0 aromatic heterocycles. The van der Waals surface area contributed by atoms with Gasteiger partial charge in [-0.3, -0.25) is 0 Å². The van der Waals surface area contributed by atoms with Crippen molar-refractivity contribution in [2.45, 2.75) is 26.3 Å². The molecule has 0 amide bonds. The summed E-state index contributed by atoms with van der Waals surface area (Å²) in [6, 6.07) is 4.35. The third kappa shape index (κ3) is 2.11. The fourth-order valence-electron chi connectivity index (χ4n) is 2.10. The number of hydrogen-bond acceptors (Lipinski definition) is 2. The van der Waals surface area contributed by atoms with E-state index in [4.69, 9.17) is 16.3 Å². The van der Waals surface area contributed by atoms with Crippen molar-refractivity contribution >= 4 is 11.6 Å². The molecule has 3 heteroatoms. The van der Waals surface area contributed by atoms with Gasteiger partial charge in [-0.25, -0.2) is 0 Å². The van der Waals surface area contributed by atoms with Crippen LogP contribution in [0.5, 0.6) is 5.75 Å². The monoisotopic (exact) mass is 225 g/mol. The van der Waals surface area contributed by atoms with Crippen LogP contribution in [-0.4, -0.2) is 13.2 Å². The second kappa shape index (κ2) is 4.42. The first-order valence-electron chi connectivity index (χ1n) is 5.38. The van der Waals surface area contributed by atoms with Crippen molar-refractivity contribution in [2.24, 2.45) is 0 Å². The van der Waals surface area contributed by atoms with Crippen LogP contribution in [0.2, 0.25) is 5.02 Å². The maximum atomic E-state index is 6.06. The molecule has 1 unspecified atom stereocenters. The highest BCUT2D eigenvalue weighted by atomic mass is 35.5. The molecule has 0 bridgehead atoms. The summed E-state index contributed by atoms with van der Waals surface area (Å²) in [5.41, 5.74) is 2.33. The van der Waals surface area contributed by atoms with Gasteiger partial charge in [0.2, 0.25) is 0 Å². The van der Waals surface area contributed by atoms with Gasteiger partial charge in [0, 0.05) is 23.0 Å². The van der Waals surface area contributed by atoms with Crippen molar-refractivity contribution in [3.8, 4) is 5.75 Å². The van der Waals surface area contributed by atoms with E-state index >= 15 is 0 Å². The van der Waals surface area contributed by atoms with E-state index in [1.807, 2.05) is 19.1 Å². The molecule has 2 rings (SSSR count). The van der Waals surface area contributed by atoms with Crippen molar-refractivity contribution in [1.82, 2.24) is 5.32 Å². The number of rotatable bonds is 2. The summed E-state index contributed by atoms with van der Waals surface area (Å²) in [5.74, 6) is 1.01. The lowest BCUT2D eigenvalue weighted by atomic mass is 9.98. The first-order valence-corrected chi connectivity index (χ1v) is 5.76. The standard InChI is InChI=1S/C12H16ClNO/c1-3-14-11-4-5-15-12-8(2)6-9(13)7-10(11)12/h6-7,11,14H,3-5H2,1-2H3. The van der Waals surface area contributed by atoms with E-state index in [2.05, 4.69) is 12.2 Å². The summed E-state index contributed by atoms with van der Waals surface area (Å²) < 4.78 is 5.69. The Kier molecular flexibility index (Phi) is 3.17. The number of aryl methyl sites for hydroxylation is 1. The fraction of sp³-hybridized carbons (Fsp3) is 0.500. The normalized spacial score (nSPS) is 19.5. The third-order valence-electron chi connectivity index (χ3n) is 2.75. The van der Waals surface area contributed by atoms with Crippen LogP contribution in [0.1, 0.15) is 30.5 Å². The molecule has 1 aromatic carbocycles. The molecule has 1 atom stereocenters. The first-order chi connectivity index (χ1) is 7.22. The fourth-order valence-corrected chi connectivity index (χ4v) is 2.39. The van der Waals surface area contributed by atoms with E-state index in [0.717, 1.165) is 35.9 Å². The molecule has 1 heterocycles. The molecule has 0 spiro atoms. The lowest BCUT2D eigenvalue weighted by Gasteiger charge is -2.27. The second-order valence-electron chi connectivity index (χ2n) is 3.89. The Morgan fingerprint density at radius 3 is 3.07 bits per heavy atom. The van der Waals surface area contributed by atoms with Crippen LogP contribution in [0.15, 0.2) is 12.1 Å². The van der Waals surface area contributed by atoms with E-state index in [-0.39, 0.29) is 0 Å². The molecule has 1 aliphatic rings. The Balaban J connectivity index is 2.41. The molecule has 82 valence electrons. The van der Waals surface area contributed by atoms with E-state index < -0.39 is 0 Å². The van der Waals surface area contributed by atoms with Crippen molar-refractivity contribution in [2.75, 3.05) is 13.2 Å². The zero-order valence-corrected chi connectivity index (χ0v) is 9.90. The van der Waals surface area contributed by atoms with Gasteiger partial charge in [-0.2, -0.15) is 0 Å². The molecule has 1 aliphatic heterocycles. The van der Waals surface area contributed by atoms with E-state index in [9.17, 15) is 0 Å². The minimum absolute atomic E-state index is 0.385. The van der Waals surface area contributed by atoms with Crippen LogP contribution in [-0.2, 0) is 0 Å². The van der Waals surface area contributed by atoms with Gasteiger partial charge in [0.15, 0.2) is 0 Å². The van der Waals surface area contributed by atoms with Crippen molar-refractivity contribution < 1.29 is 4.74 Å². The highest BCUT2D eigenvalue weighted by Gasteiger charge is 2.22. The predicted octanol–water partition coefficient (Wildman–Crippen LogP) is 3.08. The lowest BCUT2D eigenvalue weighted by molar-refractivity contribution is 0.252. The zero-order valence-electron chi connectivity index (χ0n) is 9.14. The van der Waals surface area contributed by atoms with Crippen molar-refractivity contribution in [1.29, 1.82) is 0 Å². The number of halogens is 1. The van der Waals surface area contributed by atoms with E-state index in [1.165, 1.54) is 5.56 Å². The van der Waals surface area contributed by atoms with E-state index in [1.54, 1.807) is 0 Å². The van der Waals surface area contributed by atoms with Gasteiger partial charge < -0.3 is 10.1 Å². The van der Waals surface area contributed by atoms with Crippen LogP contribution in [0.4, 0.5) is 0 Å². The number of fused-ring (bicyclic) bond motifs is 1. The molecular weight excluding hydrogens is 210 g/mol. The van der Waals surface area contributed by atoms with Crippen LogP contribution in [0, 0.1) is 6.92 Å². The van der Waals surface area contributed by atoms with Gasteiger partial charge in [0.1, 0.15) is 5.75 Å². The smallest absolute Gasteiger partial charge is 0.127 e. The maximum absolute atomic E-state index is 6.06. The van der Waals surface area contributed by atoms with Crippen LogP contribution >= 0.6 is 11.6 Å². The van der Waals surface area contributed by atoms with Crippen LogP contribution < -0.4 is 10.1 Å². The molecule has 0 saturated carbocycles. The summed E-state index contributed by atoms with van der Waals surface area (Å²) in [6.45, 7) is 5.91. The molecule has 0 radical (unpaired) electrons. The minimum atomic E-state index is 0.385. The third-order valence-corrected chi connectivity index (χ3v) is 2.97. The molecule has 2 nitrogen and oxygen atoms in total. The maximum Gasteiger partial charge on any atom is 0.127 e. The van der Waals surface area contributed by atoms with E-state index in [0.29, 0.717) is 6.04 Å². The van der Waals surface area contributed by atoms with Gasteiger partial charge >= 0.3 is 0 Å². The Bertz CT molecular complexity index is 365. The summed E-state index contributed by atoms with van der Waals surface area (Å²) >= 11 is 6.06. The molecule has 0 aliphatic carbocycles. The van der Waals surface area contributed by atoms with Gasteiger partial charge in [-0.15, -0.1) is 0 Å². The van der Waals surface area contributed by atoms with Gasteiger partial charge in [-0.1, -0.05) is 18.5 Å². The summed E-state index contributed by atoms with van der Waals surface area (Å²) in [7, 11) is 0. The van der Waals surface area contributed by atoms with Crippen LogP contribution in [0.3, 0.4) is 0 Å². The number of benzene rings is 1. The SMILES string of the molecule is CCNC1CCOc2c(C)cc(Cl)cc21. The molecular formula is C12H16ClNO. The summed E-state index contributed by atoms with van der Waals surface area (Å²) in [5, 5.41) is 4.25.